The fourth-order valence-corrected chi connectivity index (χ4v) is 3.33. The molecule has 3 rings (SSSR count). The second-order valence-electron chi connectivity index (χ2n) is 7.49. The average Bonchev–Trinajstić information content (AvgIpc) is 2.84. The molecule has 0 radical (unpaired) electrons. The molecule has 2 unspecified atom stereocenters. The van der Waals surface area contributed by atoms with Gasteiger partial charge >= 0.3 is 0 Å². The van der Waals surface area contributed by atoms with E-state index in [1.165, 1.54) is 12.1 Å². The Kier molecular flexibility index (Phi) is 8.48. The monoisotopic (exact) mass is 433 g/mol. The number of benzene rings is 2. The maximum Gasteiger partial charge on any atom is 0.270 e. The van der Waals surface area contributed by atoms with E-state index < -0.39 is 23.9 Å². The second-order valence-corrected chi connectivity index (χ2v) is 7.49. The van der Waals surface area contributed by atoms with Gasteiger partial charge in [-0.05, 0) is 36.1 Å². The number of hydrogen-bond donors (Lipinski definition) is 4. The first-order chi connectivity index (χ1) is 15.6. The summed E-state index contributed by atoms with van der Waals surface area (Å²) in [6.45, 7) is -0.447. The Morgan fingerprint density at radius 2 is 1.06 bits per heavy atom. The molecule has 2 atom stereocenters. The normalized spacial score (nSPS) is 12.6. The molecule has 7 nitrogen and oxygen atoms in total. The van der Waals surface area contributed by atoms with E-state index in [-0.39, 0.29) is 24.6 Å². The topological polar surface area (TPSA) is 112 Å². The van der Waals surface area contributed by atoms with Crippen LogP contribution < -0.4 is 10.6 Å². The molecular formula is C25H27N3O4. The SMILES string of the molecule is O=C(NC(CO)Cc1ccccc1)c1cccc(C(=O)NC(CO)Cc2ccccc2)n1. The summed E-state index contributed by atoms with van der Waals surface area (Å²) in [6.07, 6.45) is 0.946. The van der Waals surface area contributed by atoms with Crippen LogP contribution in [0.15, 0.2) is 78.9 Å². The fourth-order valence-electron chi connectivity index (χ4n) is 3.33. The summed E-state index contributed by atoms with van der Waals surface area (Å²) in [5.74, 6) is -0.949. The van der Waals surface area contributed by atoms with Crippen LogP contribution in [0.2, 0.25) is 0 Å². The summed E-state index contributed by atoms with van der Waals surface area (Å²) in [7, 11) is 0. The molecule has 0 saturated heterocycles. The minimum Gasteiger partial charge on any atom is -0.394 e. The molecule has 7 heteroatoms. The van der Waals surface area contributed by atoms with Gasteiger partial charge in [0.1, 0.15) is 11.4 Å². The van der Waals surface area contributed by atoms with Gasteiger partial charge in [0.25, 0.3) is 11.8 Å². The van der Waals surface area contributed by atoms with Crippen molar-refractivity contribution in [3.8, 4) is 0 Å². The molecule has 2 amide bonds. The smallest absolute Gasteiger partial charge is 0.270 e. The van der Waals surface area contributed by atoms with Crippen molar-refractivity contribution in [3.05, 3.63) is 101 Å². The van der Waals surface area contributed by atoms with Crippen LogP contribution in [-0.2, 0) is 12.8 Å². The minimum atomic E-state index is -0.478. The van der Waals surface area contributed by atoms with E-state index in [4.69, 9.17) is 0 Å². The highest BCUT2D eigenvalue weighted by molar-refractivity contribution is 5.96. The molecule has 4 N–H and O–H groups in total. The van der Waals surface area contributed by atoms with E-state index >= 15 is 0 Å². The number of nitrogens with one attached hydrogen (secondary N) is 2. The summed E-state index contributed by atoms with van der Waals surface area (Å²) >= 11 is 0. The highest BCUT2D eigenvalue weighted by Crippen LogP contribution is 2.07. The predicted octanol–water partition coefficient (Wildman–Crippen LogP) is 1.75. The van der Waals surface area contributed by atoms with Crippen molar-refractivity contribution in [1.29, 1.82) is 0 Å². The summed E-state index contributed by atoms with van der Waals surface area (Å²) in [6, 6.07) is 22.7. The van der Waals surface area contributed by atoms with Crippen molar-refractivity contribution in [1.82, 2.24) is 15.6 Å². The number of aliphatic hydroxyl groups excluding tert-OH is 2. The Balaban J connectivity index is 1.62. The predicted molar refractivity (Wildman–Crippen MR) is 121 cm³/mol. The molecule has 0 aliphatic heterocycles. The third-order valence-electron chi connectivity index (χ3n) is 4.98. The van der Waals surface area contributed by atoms with Crippen molar-refractivity contribution >= 4 is 11.8 Å². The largest absolute Gasteiger partial charge is 0.394 e. The number of aromatic nitrogens is 1. The van der Waals surface area contributed by atoms with Gasteiger partial charge in [0, 0.05) is 0 Å². The third-order valence-corrected chi connectivity index (χ3v) is 4.98. The third kappa shape index (κ3) is 6.73. The van der Waals surface area contributed by atoms with Crippen LogP contribution in [0.1, 0.15) is 32.1 Å². The highest BCUT2D eigenvalue weighted by atomic mass is 16.3. The number of pyridine rings is 1. The van der Waals surface area contributed by atoms with E-state index in [9.17, 15) is 19.8 Å². The lowest BCUT2D eigenvalue weighted by Crippen LogP contribution is -2.41. The first-order valence-electron chi connectivity index (χ1n) is 10.5. The quantitative estimate of drug-likeness (QED) is 0.389. The molecule has 1 heterocycles. The molecule has 0 saturated carbocycles. The van der Waals surface area contributed by atoms with E-state index in [1.807, 2.05) is 60.7 Å². The molecule has 0 fully saturated rings. The molecule has 0 aliphatic carbocycles. The molecule has 1 aromatic heterocycles. The van der Waals surface area contributed by atoms with E-state index in [1.54, 1.807) is 6.07 Å². The van der Waals surface area contributed by atoms with Crippen LogP contribution in [0.25, 0.3) is 0 Å². The molecule has 0 aliphatic rings. The van der Waals surface area contributed by atoms with E-state index in [0.717, 1.165) is 11.1 Å². The van der Waals surface area contributed by atoms with Crippen LogP contribution in [0.3, 0.4) is 0 Å². The molecule has 166 valence electrons. The van der Waals surface area contributed by atoms with E-state index in [0.29, 0.717) is 12.8 Å². The molecular weight excluding hydrogens is 406 g/mol. The number of carbonyl (C=O) groups excluding carboxylic acids is 2. The highest BCUT2D eigenvalue weighted by Gasteiger charge is 2.18. The van der Waals surface area contributed by atoms with E-state index in [2.05, 4.69) is 15.6 Å². The first kappa shape index (κ1) is 23.1. The first-order valence-corrected chi connectivity index (χ1v) is 10.5. The molecule has 3 aromatic rings. The lowest BCUT2D eigenvalue weighted by molar-refractivity contribution is 0.0906. The van der Waals surface area contributed by atoms with Crippen molar-refractivity contribution in [2.75, 3.05) is 13.2 Å². The number of aliphatic hydroxyl groups is 2. The van der Waals surface area contributed by atoms with Crippen molar-refractivity contribution in [2.24, 2.45) is 0 Å². The summed E-state index contributed by atoms with van der Waals surface area (Å²) < 4.78 is 0. The Bertz CT molecular complexity index is 933. The molecule has 0 bridgehead atoms. The maximum atomic E-state index is 12.6. The standard InChI is InChI=1S/C25H27N3O4/c29-16-20(14-18-8-3-1-4-9-18)26-24(31)22-12-7-13-23(28-22)25(32)27-21(17-30)15-19-10-5-2-6-11-19/h1-13,20-21,29-30H,14-17H2,(H,26,31)(H,27,32). The summed E-state index contributed by atoms with van der Waals surface area (Å²) in [4.78, 5) is 29.5. The van der Waals surface area contributed by atoms with Crippen LogP contribution in [0, 0.1) is 0 Å². The van der Waals surface area contributed by atoms with Gasteiger partial charge in [-0.2, -0.15) is 0 Å². The lowest BCUT2D eigenvalue weighted by Gasteiger charge is -2.17. The maximum absolute atomic E-state index is 12.6. The van der Waals surface area contributed by atoms with Gasteiger partial charge in [0.05, 0.1) is 25.3 Å². The Morgan fingerprint density at radius 1 is 0.656 bits per heavy atom. The zero-order chi connectivity index (χ0) is 22.8. The van der Waals surface area contributed by atoms with Gasteiger partial charge in [-0.15, -0.1) is 0 Å². The van der Waals surface area contributed by atoms with Crippen LogP contribution in [-0.4, -0.2) is 52.3 Å². The van der Waals surface area contributed by atoms with Gasteiger partial charge in [-0.1, -0.05) is 66.7 Å². The van der Waals surface area contributed by atoms with Crippen molar-refractivity contribution in [3.63, 3.8) is 0 Å². The summed E-state index contributed by atoms with van der Waals surface area (Å²) in [5.41, 5.74) is 2.13. The molecule has 0 spiro atoms. The van der Waals surface area contributed by atoms with Crippen molar-refractivity contribution < 1.29 is 19.8 Å². The average molecular weight is 434 g/mol. The lowest BCUT2D eigenvalue weighted by atomic mass is 10.1. The number of nitrogens with zero attached hydrogens (tertiary/aromatic N) is 1. The van der Waals surface area contributed by atoms with Gasteiger partial charge in [0.15, 0.2) is 0 Å². The van der Waals surface area contributed by atoms with Gasteiger partial charge in [-0.25, -0.2) is 4.98 Å². The van der Waals surface area contributed by atoms with Crippen LogP contribution >= 0.6 is 0 Å². The summed E-state index contributed by atoms with van der Waals surface area (Å²) in [5, 5.41) is 24.8. The minimum absolute atomic E-state index is 0.0766. The second kappa shape index (κ2) is 11.7. The molecule has 2 aromatic carbocycles. The Morgan fingerprint density at radius 3 is 1.44 bits per heavy atom. The Labute approximate surface area is 187 Å². The van der Waals surface area contributed by atoms with Crippen molar-refractivity contribution in [2.45, 2.75) is 24.9 Å². The van der Waals surface area contributed by atoms with Gasteiger partial charge in [-0.3, -0.25) is 9.59 Å². The zero-order valence-electron chi connectivity index (χ0n) is 17.6. The van der Waals surface area contributed by atoms with Gasteiger partial charge < -0.3 is 20.8 Å². The zero-order valence-corrected chi connectivity index (χ0v) is 17.6. The Hall–Kier alpha value is -3.55. The van der Waals surface area contributed by atoms with Crippen LogP contribution in [0.5, 0.6) is 0 Å². The number of amides is 2. The number of hydrogen-bond acceptors (Lipinski definition) is 5. The fraction of sp³-hybridized carbons (Fsp3) is 0.240. The van der Waals surface area contributed by atoms with Crippen LogP contribution in [0.4, 0.5) is 0 Å². The molecule has 32 heavy (non-hydrogen) atoms. The number of carbonyl (C=O) groups is 2. The van der Waals surface area contributed by atoms with Gasteiger partial charge in [0.2, 0.25) is 0 Å². The number of rotatable bonds is 10.